The van der Waals surface area contributed by atoms with Crippen LogP contribution in [0.15, 0.2) is 35.7 Å². The number of aromatic nitrogens is 1. The molecule has 1 aliphatic rings. The Hall–Kier alpha value is -2.87. The van der Waals surface area contributed by atoms with E-state index in [9.17, 15) is 18.0 Å². The van der Waals surface area contributed by atoms with Gasteiger partial charge in [-0.25, -0.2) is 22.9 Å². The van der Waals surface area contributed by atoms with Crippen LogP contribution >= 0.6 is 11.3 Å². The average molecular weight is 419 g/mol. The van der Waals surface area contributed by atoms with Gasteiger partial charge in [0.05, 0.1) is 5.01 Å². The molecule has 0 amide bonds. The summed E-state index contributed by atoms with van der Waals surface area (Å²) in [4.78, 5) is 15.2. The van der Waals surface area contributed by atoms with Crippen LogP contribution in [0.5, 0.6) is 5.75 Å². The minimum atomic E-state index is -1.25. The first kappa shape index (κ1) is 19.4. The third-order valence-corrected chi connectivity index (χ3v) is 5.57. The lowest BCUT2D eigenvalue weighted by Gasteiger charge is -2.13. The fourth-order valence-corrected chi connectivity index (χ4v) is 3.82. The summed E-state index contributed by atoms with van der Waals surface area (Å²) in [7, 11) is 0. The van der Waals surface area contributed by atoms with Crippen molar-refractivity contribution < 1.29 is 27.8 Å². The van der Waals surface area contributed by atoms with Gasteiger partial charge in [0.15, 0.2) is 17.3 Å². The van der Waals surface area contributed by atoms with Gasteiger partial charge in [0.25, 0.3) is 0 Å². The fourth-order valence-electron chi connectivity index (χ4n) is 3.03. The first-order chi connectivity index (χ1) is 13.9. The predicted octanol–water partition coefficient (Wildman–Crippen LogP) is 5.31. The Kier molecular flexibility index (Phi) is 5.27. The second kappa shape index (κ2) is 7.87. The van der Waals surface area contributed by atoms with Crippen molar-refractivity contribution in [2.24, 2.45) is 0 Å². The van der Waals surface area contributed by atoms with Gasteiger partial charge in [-0.3, -0.25) is 0 Å². The molecule has 3 aromatic rings. The number of carboxylic acid groups (broad SMARTS) is 1. The number of thiazole rings is 1. The summed E-state index contributed by atoms with van der Waals surface area (Å²) in [6, 6.07) is 6.96. The maximum atomic E-state index is 13.9. The molecule has 0 spiro atoms. The van der Waals surface area contributed by atoms with Gasteiger partial charge in [-0.1, -0.05) is 12.1 Å². The Morgan fingerprint density at radius 2 is 1.86 bits per heavy atom. The largest absolute Gasteiger partial charge is 0.488 e. The van der Waals surface area contributed by atoms with E-state index in [-0.39, 0.29) is 17.9 Å². The second-order valence-corrected chi connectivity index (χ2v) is 7.84. The summed E-state index contributed by atoms with van der Waals surface area (Å²) in [5.41, 5.74) is 1.82. The van der Waals surface area contributed by atoms with Gasteiger partial charge in [0.1, 0.15) is 18.2 Å². The Morgan fingerprint density at radius 3 is 2.55 bits per heavy atom. The summed E-state index contributed by atoms with van der Waals surface area (Å²) >= 11 is 1.23. The molecule has 0 atom stereocenters. The van der Waals surface area contributed by atoms with Gasteiger partial charge in [0, 0.05) is 29.0 Å². The van der Waals surface area contributed by atoms with Crippen LogP contribution in [-0.4, -0.2) is 16.1 Å². The van der Waals surface area contributed by atoms with Crippen molar-refractivity contribution in [3.8, 4) is 5.75 Å². The molecule has 29 heavy (non-hydrogen) atoms. The highest BCUT2D eigenvalue weighted by Gasteiger charge is 2.24. The smallest absolute Gasteiger partial charge is 0.355 e. The van der Waals surface area contributed by atoms with Crippen LogP contribution in [0.1, 0.15) is 50.9 Å². The standard InChI is InChI=1S/C21H16F3NO3S/c22-15-8-17(24)16(23)6-14(15)9-28-19-4-3-12(11-1-2-11)5-13(19)7-20-25-18(10-29-20)21(26)27/h3-6,8,10-11H,1-2,7,9H2,(H,26,27). The molecule has 150 valence electrons. The second-order valence-electron chi connectivity index (χ2n) is 6.90. The molecule has 1 fully saturated rings. The molecular formula is C21H16F3NO3S. The average Bonchev–Trinajstić information content (AvgIpc) is 3.43. The number of carbonyl (C=O) groups is 1. The topological polar surface area (TPSA) is 59.4 Å². The Balaban J connectivity index is 1.58. The molecule has 0 aliphatic heterocycles. The molecule has 0 saturated heterocycles. The van der Waals surface area contributed by atoms with E-state index in [1.54, 1.807) is 6.07 Å². The molecule has 1 N–H and O–H groups in total. The monoisotopic (exact) mass is 419 g/mol. The van der Waals surface area contributed by atoms with Crippen molar-refractivity contribution in [3.63, 3.8) is 0 Å². The molecule has 0 bridgehead atoms. The van der Waals surface area contributed by atoms with Crippen LogP contribution in [0, 0.1) is 17.5 Å². The molecule has 0 unspecified atom stereocenters. The molecule has 2 aromatic carbocycles. The lowest BCUT2D eigenvalue weighted by molar-refractivity contribution is 0.0691. The summed E-state index contributed by atoms with van der Waals surface area (Å²) in [5, 5.41) is 11.1. The molecule has 1 aromatic heterocycles. The number of carboxylic acids is 1. The highest BCUT2D eigenvalue weighted by molar-refractivity contribution is 7.09. The molecule has 4 nitrogen and oxygen atoms in total. The third-order valence-electron chi connectivity index (χ3n) is 4.72. The van der Waals surface area contributed by atoms with E-state index in [1.165, 1.54) is 16.7 Å². The highest BCUT2D eigenvalue weighted by atomic mass is 32.1. The van der Waals surface area contributed by atoms with Crippen molar-refractivity contribution >= 4 is 17.3 Å². The number of hydrogen-bond donors (Lipinski definition) is 1. The summed E-state index contributed by atoms with van der Waals surface area (Å²) in [6.45, 7) is -0.267. The number of hydrogen-bond acceptors (Lipinski definition) is 4. The van der Waals surface area contributed by atoms with Crippen molar-refractivity contribution in [3.05, 3.63) is 80.6 Å². The van der Waals surface area contributed by atoms with Gasteiger partial charge in [0.2, 0.25) is 0 Å². The van der Waals surface area contributed by atoms with E-state index in [0.29, 0.717) is 29.2 Å². The first-order valence-electron chi connectivity index (χ1n) is 8.97. The van der Waals surface area contributed by atoms with Crippen LogP contribution in [0.4, 0.5) is 13.2 Å². The molecule has 4 rings (SSSR count). The predicted molar refractivity (Wildman–Crippen MR) is 101 cm³/mol. The zero-order valence-corrected chi connectivity index (χ0v) is 15.9. The van der Waals surface area contributed by atoms with Gasteiger partial charge < -0.3 is 9.84 Å². The van der Waals surface area contributed by atoms with E-state index < -0.39 is 23.4 Å². The van der Waals surface area contributed by atoms with E-state index in [2.05, 4.69) is 4.98 Å². The lowest BCUT2D eigenvalue weighted by Crippen LogP contribution is -2.04. The SMILES string of the molecule is O=C(O)c1csc(Cc2cc(C3CC3)ccc2OCc2cc(F)c(F)cc2F)n1. The minimum absolute atomic E-state index is 0.0188. The zero-order chi connectivity index (χ0) is 20.5. The first-order valence-corrected chi connectivity index (χ1v) is 9.85. The number of aromatic carboxylic acids is 1. The van der Waals surface area contributed by atoms with Crippen molar-refractivity contribution in [2.45, 2.75) is 31.8 Å². The Labute approximate surface area is 168 Å². The Morgan fingerprint density at radius 1 is 1.10 bits per heavy atom. The highest BCUT2D eigenvalue weighted by Crippen LogP contribution is 2.41. The number of nitrogens with zero attached hydrogens (tertiary/aromatic N) is 1. The normalized spacial score (nSPS) is 13.5. The van der Waals surface area contributed by atoms with Gasteiger partial charge in [-0.15, -0.1) is 11.3 Å². The van der Waals surface area contributed by atoms with Gasteiger partial charge in [-0.2, -0.15) is 0 Å². The van der Waals surface area contributed by atoms with Crippen LogP contribution in [0.25, 0.3) is 0 Å². The van der Waals surface area contributed by atoms with E-state index in [1.807, 2.05) is 12.1 Å². The van der Waals surface area contributed by atoms with E-state index in [0.717, 1.165) is 30.0 Å². The van der Waals surface area contributed by atoms with Crippen LogP contribution < -0.4 is 4.74 Å². The molecule has 1 heterocycles. The summed E-state index contributed by atoms with van der Waals surface area (Å²) in [5.74, 6) is -3.41. The quantitative estimate of drug-likeness (QED) is 0.528. The lowest BCUT2D eigenvalue weighted by atomic mass is 10.0. The molecular weight excluding hydrogens is 403 g/mol. The zero-order valence-electron chi connectivity index (χ0n) is 15.1. The molecule has 1 aliphatic carbocycles. The van der Waals surface area contributed by atoms with E-state index in [4.69, 9.17) is 9.84 Å². The maximum Gasteiger partial charge on any atom is 0.355 e. The Bertz CT molecular complexity index is 1080. The van der Waals surface area contributed by atoms with Gasteiger partial charge in [-0.05, 0) is 36.5 Å². The van der Waals surface area contributed by atoms with Crippen molar-refractivity contribution in [1.29, 1.82) is 0 Å². The van der Waals surface area contributed by atoms with Crippen molar-refractivity contribution in [2.75, 3.05) is 0 Å². The van der Waals surface area contributed by atoms with Crippen LogP contribution in [-0.2, 0) is 13.0 Å². The number of benzene rings is 2. The molecule has 1 saturated carbocycles. The number of halogens is 3. The van der Waals surface area contributed by atoms with E-state index >= 15 is 0 Å². The maximum absolute atomic E-state index is 13.9. The number of rotatable bonds is 7. The summed E-state index contributed by atoms with van der Waals surface area (Å²) < 4.78 is 46.1. The van der Waals surface area contributed by atoms with Crippen molar-refractivity contribution in [1.82, 2.24) is 4.98 Å². The molecule has 0 radical (unpaired) electrons. The van der Waals surface area contributed by atoms with Gasteiger partial charge >= 0.3 is 5.97 Å². The van der Waals surface area contributed by atoms with Crippen LogP contribution in [0.3, 0.4) is 0 Å². The fraction of sp³-hybridized carbons (Fsp3) is 0.238. The minimum Gasteiger partial charge on any atom is -0.488 e. The summed E-state index contributed by atoms with van der Waals surface area (Å²) in [6.07, 6.45) is 2.58. The number of ether oxygens (including phenoxy) is 1. The molecule has 8 heteroatoms. The van der Waals surface area contributed by atoms with Crippen LogP contribution in [0.2, 0.25) is 0 Å². The third kappa shape index (κ3) is 4.42.